The Morgan fingerprint density at radius 2 is 2.29 bits per heavy atom. The molecule has 2 atom stereocenters. The summed E-state index contributed by atoms with van der Waals surface area (Å²) in [7, 11) is 1.97. The quantitative estimate of drug-likeness (QED) is 0.844. The number of aromatic nitrogens is 2. The Labute approximate surface area is 103 Å². The van der Waals surface area contributed by atoms with Gasteiger partial charge >= 0.3 is 0 Å². The fourth-order valence-electron chi connectivity index (χ4n) is 2.62. The van der Waals surface area contributed by atoms with Crippen LogP contribution in [0.25, 0.3) is 0 Å². The van der Waals surface area contributed by atoms with Crippen molar-refractivity contribution in [3.05, 3.63) is 18.0 Å². The zero-order valence-electron chi connectivity index (χ0n) is 10.6. The van der Waals surface area contributed by atoms with Crippen molar-refractivity contribution in [1.29, 1.82) is 0 Å². The number of hydrogen-bond acceptors (Lipinski definition) is 3. The smallest absolute Gasteiger partial charge is 0.0615 e. The molecule has 2 N–H and O–H groups in total. The molecule has 4 nitrogen and oxygen atoms in total. The average Bonchev–Trinajstić information content (AvgIpc) is 2.76. The van der Waals surface area contributed by atoms with E-state index in [0.717, 1.165) is 19.6 Å². The van der Waals surface area contributed by atoms with Gasteiger partial charge in [0.25, 0.3) is 0 Å². The molecule has 0 aliphatic heterocycles. The van der Waals surface area contributed by atoms with E-state index in [9.17, 15) is 0 Å². The molecule has 1 aliphatic carbocycles. The highest BCUT2D eigenvalue weighted by Crippen LogP contribution is 2.26. The highest BCUT2D eigenvalue weighted by atomic mass is 16.5. The number of ether oxygens (including phenoxy) is 1. The van der Waals surface area contributed by atoms with E-state index in [2.05, 4.69) is 5.10 Å². The zero-order chi connectivity index (χ0) is 12.1. The molecule has 96 valence electrons. The monoisotopic (exact) mass is 237 g/mol. The molecule has 1 heterocycles. The van der Waals surface area contributed by atoms with Crippen molar-refractivity contribution in [1.82, 2.24) is 9.78 Å². The van der Waals surface area contributed by atoms with Crippen LogP contribution in [0.15, 0.2) is 12.3 Å². The molecule has 0 radical (unpaired) electrons. The van der Waals surface area contributed by atoms with Crippen molar-refractivity contribution in [3.63, 3.8) is 0 Å². The average molecular weight is 237 g/mol. The first-order valence-corrected chi connectivity index (χ1v) is 6.60. The first-order chi connectivity index (χ1) is 8.31. The summed E-state index contributed by atoms with van der Waals surface area (Å²) in [6.45, 7) is 1.54. The summed E-state index contributed by atoms with van der Waals surface area (Å²) in [5.74, 6) is 0.565. The van der Waals surface area contributed by atoms with Gasteiger partial charge in [0.2, 0.25) is 0 Å². The van der Waals surface area contributed by atoms with Gasteiger partial charge in [0.05, 0.1) is 12.7 Å². The Morgan fingerprint density at radius 3 is 3.00 bits per heavy atom. The molecular weight excluding hydrogens is 214 g/mol. The molecule has 1 aliphatic rings. The fourth-order valence-corrected chi connectivity index (χ4v) is 2.62. The Kier molecular flexibility index (Phi) is 4.57. The van der Waals surface area contributed by atoms with Gasteiger partial charge < -0.3 is 10.5 Å². The summed E-state index contributed by atoms with van der Waals surface area (Å²) in [4.78, 5) is 0. The maximum absolute atomic E-state index is 5.99. The van der Waals surface area contributed by atoms with E-state index >= 15 is 0 Å². The van der Waals surface area contributed by atoms with Gasteiger partial charge in [-0.15, -0.1) is 0 Å². The number of nitrogens with two attached hydrogens (primary N) is 1. The highest BCUT2D eigenvalue weighted by molar-refractivity contribution is 4.99. The summed E-state index contributed by atoms with van der Waals surface area (Å²) >= 11 is 0. The largest absolute Gasteiger partial charge is 0.377 e. The van der Waals surface area contributed by atoms with Crippen LogP contribution in [-0.4, -0.2) is 29.0 Å². The summed E-state index contributed by atoms with van der Waals surface area (Å²) in [6, 6.07) is 2.05. The van der Waals surface area contributed by atoms with Gasteiger partial charge in [-0.05, 0) is 31.4 Å². The molecule has 0 spiro atoms. The van der Waals surface area contributed by atoms with Gasteiger partial charge in [-0.2, -0.15) is 5.10 Å². The maximum Gasteiger partial charge on any atom is 0.0615 e. The molecule has 1 aromatic heterocycles. The number of rotatable bonds is 5. The van der Waals surface area contributed by atoms with Crippen molar-refractivity contribution < 1.29 is 4.74 Å². The van der Waals surface area contributed by atoms with Gasteiger partial charge in [-0.3, -0.25) is 4.68 Å². The van der Waals surface area contributed by atoms with Crippen LogP contribution in [0.5, 0.6) is 0 Å². The summed E-state index contributed by atoms with van der Waals surface area (Å²) in [5, 5.41) is 4.15. The molecule has 1 aromatic rings. The van der Waals surface area contributed by atoms with Gasteiger partial charge in [-0.1, -0.05) is 12.8 Å². The molecule has 0 saturated heterocycles. The van der Waals surface area contributed by atoms with Gasteiger partial charge in [0.15, 0.2) is 0 Å². The molecule has 4 heteroatoms. The van der Waals surface area contributed by atoms with Crippen LogP contribution in [0.3, 0.4) is 0 Å². The molecule has 0 aromatic carbocycles. The molecule has 17 heavy (non-hydrogen) atoms. The number of hydrogen-bond donors (Lipinski definition) is 1. The Hall–Kier alpha value is -0.870. The summed E-state index contributed by atoms with van der Waals surface area (Å²) in [6.07, 6.45) is 8.14. The zero-order valence-corrected chi connectivity index (χ0v) is 10.6. The Bertz CT molecular complexity index is 337. The van der Waals surface area contributed by atoms with Crippen LogP contribution in [0.1, 0.15) is 31.4 Å². The normalized spacial score (nSPS) is 25.1. The summed E-state index contributed by atoms with van der Waals surface area (Å²) < 4.78 is 7.90. The molecule has 2 rings (SSSR count). The number of aryl methyl sites for hydroxylation is 1. The topological polar surface area (TPSA) is 53.1 Å². The van der Waals surface area contributed by atoms with Gasteiger partial charge in [0, 0.05) is 25.4 Å². The third-order valence-corrected chi connectivity index (χ3v) is 3.75. The fraction of sp³-hybridized carbons (Fsp3) is 0.769. The van der Waals surface area contributed by atoms with Crippen LogP contribution in [-0.2, 0) is 18.2 Å². The molecule has 0 bridgehead atoms. The lowest BCUT2D eigenvalue weighted by atomic mass is 9.86. The van der Waals surface area contributed by atoms with Crippen molar-refractivity contribution in [2.75, 3.05) is 13.2 Å². The molecule has 0 amide bonds. The van der Waals surface area contributed by atoms with Crippen LogP contribution >= 0.6 is 0 Å². The van der Waals surface area contributed by atoms with Crippen molar-refractivity contribution in [3.8, 4) is 0 Å². The minimum Gasteiger partial charge on any atom is -0.377 e. The van der Waals surface area contributed by atoms with E-state index in [0.29, 0.717) is 12.0 Å². The Morgan fingerprint density at radius 1 is 1.47 bits per heavy atom. The van der Waals surface area contributed by atoms with Crippen molar-refractivity contribution in [2.24, 2.45) is 18.7 Å². The van der Waals surface area contributed by atoms with Gasteiger partial charge in [-0.25, -0.2) is 0 Å². The lowest BCUT2D eigenvalue weighted by Gasteiger charge is -2.30. The first-order valence-electron chi connectivity index (χ1n) is 6.60. The van der Waals surface area contributed by atoms with E-state index < -0.39 is 0 Å². The maximum atomic E-state index is 5.99. The van der Waals surface area contributed by atoms with E-state index in [1.54, 1.807) is 0 Å². The third-order valence-electron chi connectivity index (χ3n) is 3.75. The van der Waals surface area contributed by atoms with Crippen LogP contribution in [0, 0.1) is 5.92 Å². The molecule has 2 unspecified atom stereocenters. The second-order valence-electron chi connectivity index (χ2n) is 4.89. The Balaban J connectivity index is 1.75. The minimum absolute atomic E-state index is 0.377. The van der Waals surface area contributed by atoms with Crippen molar-refractivity contribution >= 4 is 0 Å². The second kappa shape index (κ2) is 6.17. The van der Waals surface area contributed by atoms with E-state index in [-0.39, 0.29) is 0 Å². The molecule has 1 saturated carbocycles. The van der Waals surface area contributed by atoms with E-state index in [4.69, 9.17) is 10.5 Å². The predicted molar refractivity (Wildman–Crippen MR) is 67.7 cm³/mol. The lowest BCUT2D eigenvalue weighted by molar-refractivity contribution is -0.00680. The minimum atomic E-state index is 0.377. The third kappa shape index (κ3) is 3.30. The van der Waals surface area contributed by atoms with Crippen LogP contribution < -0.4 is 5.73 Å². The number of nitrogens with zero attached hydrogens (tertiary/aromatic N) is 2. The first kappa shape index (κ1) is 12.6. The standard InChI is InChI=1S/C13H23N3O/c1-16-12(6-8-15-16)7-9-17-13-5-3-2-4-11(13)10-14/h6,8,11,13H,2-5,7,9-10,14H2,1H3. The predicted octanol–water partition coefficient (Wildman–Crippen LogP) is 1.50. The highest BCUT2D eigenvalue weighted by Gasteiger charge is 2.24. The van der Waals surface area contributed by atoms with Crippen molar-refractivity contribution in [2.45, 2.75) is 38.2 Å². The van der Waals surface area contributed by atoms with E-state index in [1.807, 2.05) is 24.0 Å². The molecule has 1 fully saturated rings. The van der Waals surface area contributed by atoms with Crippen LogP contribution in [0.2, 0.25) is 0 Å². The SMILES string of the molecule is Cn1nccc1CCOC1CCCCC1CN. The van der Waals surface area contributed by atoms with Crippen LogP contribution in [0.4, 0.5) is 0 Å². The van der Waals surface area contributed by atoms with E-state index in [1.165, 1.54) is 31.4 Å². The van der Waals surface area contributed by atoms with Gasteiger partial charge in [0.1, 0.15) is 0 Å². The molecular formula is C13H23N3O. The second-order valence-corrected chi connectivity index (χ2v) is 4.89. The summed E-state index contributed by atoms with van der Waals surface area (Å²) in [5.41, 5.74) is 7.02. The lowest BCUT2D eigenvalue weighted by Crippen LogP contribution is -2.33.